The Bertz CT molecular complexity index is 3050. The van der Waals surface area contributed by atoms with Crippen LogP contribution in [0.15, 0.2) is 72.8 Å². The van der Waals surface area contributed by atoms with Crippen LogP contribution in [-0.4, -0.2) is 131 Å². The number of fused-ring (bicyclic) bond motifs is 2. The number of carbonyl (C=O) groups is 2. The van der Waals surface area contributed by atoms with Crippen molar-refractivity contribution in [3.05, 3.63) is 100 Å². The van der Waals surface area contributed by atoms with Crippen LogP contribution in [-0.2, 0) is 29.1 Å². The SMILES string of the molecule is CCC(=O)N1CCN(c2nc(OCC3CCCN3C(=O)C3CCN(Cc4ccc(-n5c(O)nnc5-c5cc(C(C)C)c(O)cc5O)cc4)CC3)nc3c2CCN(c2cccc4cccc(Cl)c24)C3)CC1CC#N. The van der Waals surface area contributed by atoms with Crippen LogP contribution in [0, 0.1) is 17.2 Å². The number of nitrogens with zero attached hydrogens (tertiary/aromatic N) is 11. The molecule has 2 atom stereocenters. The van der Waals surface area contributed by atoms with Gasteiger partial charge in [0, 0.05) is 74.3 Å². The molecule has 0 saturated carbocycles. The monoisotopic (exact) mass is 1010 g/mol. The molecule has 4 aliphatic heterocycles. The molecule has 2 amide bonds. The number of piperazine rings is 1. The molecule has 10 rings (SSSR count). The number of carbonyl (C=O) groups excluding carboxylic acids is 2. The Morgan fingerprint density at radius 1 is 0.863 bits per heavy atom. The molecule has 380 valence electrons. The van der Waals surface area contributed by atoms with Gasteiger partial charge in [-0.1, -0.05) is 73.9 Å². The number of hydrogen-bond acceptors (Lipinski definition) is 14. The summed E-state index contributed by atoms with van der Waals surface area (Å²) in [6, 6.07) is 24.7. The number of benzene rings is 4. The minimum atomic E-state index is -0.323. The van der Waals surface area contributed by atoms with Crippen LogP contribution >= 0.6 is 11.6 Å². The highest BCUT2D eigenvalue weighted by atomic mass is 35.5. The quantitative estimate of drug-likeness (QED) is 0.101. The van der Waals surface area contributed by atoms with Gasteiger partial charge in [0.1, 0.15) is 23.9 Å². The van der Waals surface area contributed by atoms with Crippen molar-refractivity contribution < 1.29 is 29.6 Å². The van der Waals surface area contributed by atoms with Crippen LogP contribution in [0.2, 0.25) is 5.02 Å². The molecule has 3 fully saturated rings. The van der Waals surface area contributed by atoms with Gasteiger partial charge in [-0.05, 0) is 98.0 Å². The molecule has 2 aromatic heterocycles. The number of phenolic OH excluding ortho intramolecular Hbond substituents is 2. The predicted octanol–water partition coefficient (Wildman–Crippen LogP) is 7.96. The van der Waals surface area contributed by atoms with Crippen molar-refractivity contribution in [2.24, 2.45) is 5.92 Å². The number of aromatic nitrogens is 5. The van der Waals surface area contributed by atoms with Gasteiger partial charge in [0.15, 0.2) is 5.82 Å². The van der Waals surface area contributed by atoms with Crippen LogP contribution in [0.25, 0.3) is 27.8 Å². The first kappa shape index (κ1) is 49.4. The van der Waals surface area contributed by atoms with Crippen molar-refractivity contribution in [3.63, 3.8) is 0 Å². The minimum Gasteiger partial charge on any atom is -0.508 e. The molecule has 6 aromatic rings. The summed E-state index contributed by atoms with van der Waals surface area (Å²) in [4.78, 5) is 48.1. The van der Waals surface area contributed by atoms with Crippen LogP contribution in [0.4, 0.5) is 11.5 Å². The summed E-state index contributed by atoms with van der Waals surface area (Å²) in [5, 5.41) is 52.5. The molecule has 18 heteroatoms. The lowest BCUT2D eigenvalue weighted by Crippen LogP contribution is -2.55. The van der Waals surface area contributed by atoms with Gasteiger partial charge in [-0.25, -0.2) is 4.57 Å². The molecule has 2 unspecified atom stereocenters. The maximum absolute atomic E-state index is 14.3. The molecule has 0 spiro atoms. The van der Waals surface area contributed by atoms with Crippen LogP contribution in [0.3, 0.4) is 0 Å². The van der Waals surface area contributed by atoms with E-state index < -0.39 is 0 Å². The van der Waals surface area contributed by atoms with Gasteiger partial charge in [0.2, 0.25) is 11.8 Å². The van der Waals surface area contributed by atoms with Crippen molar-refractivity contribution in [1.82, 2.24) is 39.4 Å². The van der Waals surface area contributed by atoms with Gasteiger partial charge in [0.25, 0.3) is 0 Å². The van der Waals surface area contributed by atoms with E-state index in [1.807, 2.05) is 67.0 Å². The minimum absolute atomic E-state index is 0.0107. The lowest BCUT2D eigenvalue weighted by molar-refractivity contribution is -0.138. The first-order valence-electron chi connectivity index (χ1n) is 25.6. The first-order chi connectivity index (χ1) is 35.4. The van der Waals surface area contributed by atoms with E-state index in [0.717, 1.165) is 84.4 Å². The largest absolute Gasteiger partial charge is 0.508 e. The molecule has 4 aromatic carbocycles. The van der Waals surface area contributed by atoms with Crippen LogP contribution in [0.1, 0.15) is 87.6 Å². The second-order valence-electron chi connectivity index (χ2n) is 20.0. The number of anilines is 2. The van der Waals surface area contributed by atoms with Crippen molar-refractivity contribution in [3.8, 4) is 46.7 Å². The highest BCUT2D eigenvalue weighted by Gasteiger charge is 2.37. The topological polar surface area (TPSA) is 201 Å². The number of amides is 2. The molecule has 6 heterocycles. The third-order valence-electron chi connectivity index (χ3n) is 15.2. The standard InChI is InChI=1S/C55H62ClN11O6/c1-4-49(70)65-27-26-64(31-39(65)17-21-57)51-41-20-25-63(46-12-6-9-36-8-5-11-44(56)50(36)46)32-45(41)58-54(59-51)73-33-40-10-7-22-66(40)53(71)37-18-23-62(24-19-37)30-35-13-15-38(16-14-35)67-52(60-61-55(67)72)43-28-42(34(2)3)47(68)29-48(43)69/h5-6,8-9,11-16,28-29,34,37,39-40,68-69H,4,7,10,17-20,22-27,30-33H2,1-3H3,(H,61,72). The Hall–Kier alpha value is -7.16. The van der Waals surface area contributed by atoms with Gasteiger partial charge in [-0.15, -0.1) is 5.10 Å². The normalized spacial score (nSPS) is 18.6. The lowest BCUT2D eigenvalue weighted by Gasteiger charge is -2.42. The summed E-state index contributed by atoms with van der Waals surface area (Å²) in [6.45, 7) is 11.7. The second kappa shape index (κ2) is 21.1. The molecule has 17 nitrogen and oxygen atoms in total. The highest BCUT2D eigenvalue weighted by Crippen LogP contribution is 2.40. The van der Waals surface area contributed by atoms with Crippen molar-refractivity contribution in [2.75, 3.05) is 62.2 Å². The molecular weight excluding hydrogens is 946 g/mol. The highest BCUT2D eigenvalue weighted by molar-refractivity contribution is 6.36. The molecule has 0 radical (unpaired) electrons. The first-order valence-corrected chi connectivity index (χ1v) is 26.0. The van der Waals surface area contributed by atoms with Crippen molar-refractivity contribution in [2.45, 2.75) is 96.8 Å². The molecule has 3 N–H and O–H groups in total. The van der Waals surface area contributed by atoms with Crippen molar-refractivity contribution in [1.29, 1.82) is 5.26 Å². The smallest absolute Gasteiger partial charge is 0.319 e. The summed E-state index contributed by atoms with van der Waals surface area (Å²) in [5.41, 5.74) is 5.61. The van der Waals surface area contributed by atoms with Gasteiger partial charge in [-0.3, -0.25) is 14.5 Å². The van der Waals surface area contributed by atoms with Crippen LogP contribution < -0.4 is 14.5 Å². The fourth-order valence-corrected chi connectivity index (χ4v) is 11.6. The van der Waals surface area contributed by atoms with Crippen molar-refractivity contribution >= 4 is 45.7 Å². The maximum Gasteiger partial charge on any atom is 0.319 e. The summed E-state index contributed by atoms with van der Waals surface area (Å²) in [6.07, 6.45) is 4.49. The average Bonchev–Trinajstić information content (AvgIpc) is 4.04. The molecule has 73 heavy (non-hydrogen) atoms. The number of rotatable bonds is 13. The van der Waals surface area contributed by atoms with E-state index in [1.54, 1.807) is 6.07 Å². The fourth-order valence-electron chi connectivity index (χ4n) is 11.3. The van der Waals surface area contributed by atoms with Gasteiger partial charge >= 0.3 is 12.0 Å². The number of hydrogen-bond donors (Lipinski definition) is 3. The zero-order valence-corrected chi connectivity index (χ0v) is 42.4. The Morgan fingerprint density at radius 2 is 1.64 bits per heavy atom. The average molecular weight is 1010 g/mol. The molecule has 0 bridgehead atoms. The molecule has 3 saturated heterocycles. The fraction of sp³-hybridized carbons (Fsp3) is 0.436. The van der Waals surface area contributed by atoms with E-state index in [4.69, 9.17) is 26.3 Å². The summed E-state index contributed by atoms with van der Waals surface area (Å²) < 4.78 is 8.03. The second-order valence-corrected chi connectivity index (χ2v) is 20.4. The van der Waals surface area contributed by atoms with E-state index >= 15 is 0 Å². The van der Waals surface area contributed by atoms with Gasteiger partial charge < -0.3 is 39.7 Å². The Balaban J connectivity index is 0.803. The van der Waals surface area contributed by atoms with E-state index in [2.05, 4.69) is 55.2 Å². The predicted molar refractivity (Wildman–Crippen MR) is 278 cm³/mol. The Labute approximate surface area is 430 Å². The number of aromatic hydroxyl groups is 3. The third-order valence-corrected chi connectivity index (χ3v) is 15.5. The zero-order chi connectivity index (χ0) is 50.9. The van der Waals surface area contributed by atoms with Gasteiger partial charge in [0.05, 0.1) is 53.1 Å². The zero-order valence-electron chi connectivity index (χ0n) is 41.6. The summed E-state index contributed by atoms with van der Waals surface area (Å²) >= 11 is 6.82. The number of halogens is 1. The molecular formula is C55H62ClN11O6. The van der Waals surface area contributed by atoms with Gasteiger partial charge in [-0.2, -0.15) is 15.2 Å². The Kier molecular flexibility index (Phi) is 14.3. The van der Waals surface area contributed by atoms with E-state index in [0.29, 0.717) is 73.9 Å². The molecule has 4 aliphatic rings. The Morgan fingerprint density at radius 3 is 2.40 bits per heavy atom. The number of nitriles is 1. The van der Waals surface area contributed by atoms with E-state index in [-0.39, 0.29) is 78.1 Å². The molecule has 0 aliphatic carbocycles. The summed E-state index contributed by atoms with van der Waals surface area (Å²) in [5.74, 6) is 0.946. The van der Waals surface area contributed by atoms with E-state index in [9.17, 15) is 30.2 Å². The number of likely N-dealkylation sites (tertiary alicyclic amines) is 2. The van der Waals surface area contributed by atoms with E-state index in [1.165, 1.54) is 10.6 Å². The van der Waals surface area contributed by atoms with Crippen LogP contribution in [0.5, 0.6) is 23.5 Å². The summed E-state index contributed by atoms with van der Waals surface area (Å²) in [7, 11) is 0. The maximum atomic E-state index is 14.3. The third kappa shape index (κ3) is 10.0. The number of piperidine rings is 1. The lowest BCUT2D eigenvalue weighted by atomic mass is 9.94. The number of phenols is 2. The number of ether oxygens (including phenoxy) is 1.